The molecule has 0 aliphatic heterocycles. The normalized spacial score (nSPS) is 16.1. The Kier molecular flexibility index (Phi) is 8.72. The van der Waals surface area contributed by atoms with Crippen LogP contribution in [0.15, 0.2) is 41.7 Å². The van der Waals surface area contributed by atoms with Crippen molar-refractivity contribution < 1.29 is 0 Å². The van der Waals surface area contributed by atoms with E-state index in [-0.39, 0.29) is 24.0 Å². The number of halogens is 1. The van der Waals surface area contributed by atoms with E-state index >= 15 is 0 Å². The zero-order valence-corrected chi connectivity index (χ0v) is 19.5. The molecule has 0 bridgehead atoms. The molecular weight excluding hydrogens is 463 g/mol. The van der Waals surface area contributed by atoms with Gasteiger partial charge in [0.05, 0.1) is 6.54 Å². The third-order valence-corrected chi connectivity index (χ3v) is 5.43. The van der Waals surface area contributed by atoms with E-state index in [1.165, 1.54) is 32.1 Å². The Morgan fingerprint density at radius 2 is 1.89 bits per heavy atom. The minimum atomic E-state index is 0. The van der Waals surface area contributed by atoms with Gasteiger partial charge in [-0.15, -0.1) is 34.2 Å². The monoisotopic (exact) mass is 496 g/mol. The highest BCUT2D eigenvalue weighted by Crippen LogP contribution is 2.42. The van der Waals surface area contributed by atoms with E-state index in [1.54, 1.807) is 6.33 Å². The number of rotatable bonds is 7. The fraction of sp³-hybridized carbons (Fsp3) is 0.571. The van der Waals surface area contributed by atoms with Gasteiger partial charge in [0.15, 0.2) is 11.8 Å². The lowest BCUT2D eigenvalue weighted by Crippen LogP contribution is -2.43. The topological polar surface area (TPSA) is 67.1 Å². The van der Waals surface area contributed by atoms with Crippen LogP contribution < -0.4 is 10.6 Å². The third-order valence-electron chi connectivity index (χ3n) is 5.43. The predicted molar refractivity (Wildman–Crippen MR) is 125 cm³/mol. The molecule has 0 spiro atoms. The van der Waals surface area contributed by atoms with Crippen LogP contribution in [0.5, 0.6) is 0 Å². The number of para-hydroxylation sites is 1. The molecule has 1 aliphatic carbocycles. The molecule has 1 saturated carbocycles. The van der Waals surface area contributed by atoms with Crippen molar-refractivity contribution in [2.75, 3.05) is 13.6 Å². The van der Waals surface area contributed by atoms with Crippen molar-refractivity contribution >= 4 is 29.9 Å². The quantitative estimate of drug-likeness (QED) is 0.343. The molecule has 0 saturated heterocycles. The van der Waals surface area contributed by atoms with Crippen molar-refractivity contribution in [2.45, 2.75) is 52.5 Å². The lowest BCUT2D eigenvalue weighted by molar-refractivity contribution is 0.234. The maximum absolute atomic E-state index is 4.40. The fourth-order valence-electron chi connectivity index (χ4n) is 4.28. The third kappa shape index (κ3) is 5.93. The molecule has 3 rings (SSSR count). The summed E-state index contributed by atoms with van der Waals surface area (Å²) in [6, 6.07) is 10.1. The molecule has 1 heterocycles. The minimum absolute atomic E-state index is 0. The van der Waals surface area contributed by atoms with E-state index in [0.717, 1.165) is 29.9 Å². The number of hydrogen-bond donors (Lipinski definition) is 2. The number of hydrogen-bond acceptors (Lipinski definition) is 3. The summed E-state index contributed by atoms with van der Waals surface area (Å²) in [7, 11) is 1.82. The Bertz CT molecular complexity index is 734. The number of aliphatic imine (C=N–C) groups is 1. The molecule has 0 radical (unpaired) electrons. The summed E-state index contributed by atoms with van der Waals surface area (Å²) in [5.41, 5.74) is 1.47. The van der Waals surface area contributed by atoms with E-state index in [0.29, 0.717) is 12.0 Å². The van der Waals surface area contributed by atoms with Crippen molar-refractivity contribution in [3.63, 3.8) is 0 Å². The number of nitrogens with one attached hydrogen (secondary N) is 2. The second-order valence-corrected chi connectivity index (χ2v) is 8.04. The van der Waals surface area contributed by atoms with E-state index in [2.05, 4.69) is 51.8 Å². The van der Waals surface area contributed by atoms with Gasteiger partial charge >= 0.3 is 0 Å². The number of aromatic nitrogens is 3. The van der Waals surface area contributed by atoms with Gasteiger partial charge in [-0.2, -0.15) is 0 Å². The highest BCUT2D eigenvalue weighted by atomic mass is 127. The molecule has 6 nitrogen and oxygen atoms in total. The van der Waals surface area contributed by atoms with E-state index in [4.69, 9.17) is 0 Å². The van der Waals surface area contributed by atoms with Gasteiger partial charge in [-0.3, -0.25) is 9.56 Å². The molecule has 2 N–H and O–H groups in total. The zero-order chi connectivity index (χ0) is 19.1. The molecular formula is C21H33IN6. The van der Waals surface area contributed by atoms with Crippen LogP contribution in [0.2, 0.25) is 0 Å². The number of guanidine groups is 1. The smallest absolute Gasteiger partial charge is 0.191 e. The Morgan fingerprint density at radius 3 is 2.54 bits per heavy atom. The van der Waals surface area contributed by atoms with Crippen molar-refractivity contribution in [3.05, 3.63) is 42.5 Å². The van der Waals surface area contributed by atoms with Gasteiger partial charge in [0.1, 0.15) is 6.33 Å². The first kappa shape index (κ1) is 22.6. The summed E-state index contributed by atoms with van der Waals surface area (Å²) in [6.07, 6.45) is 8.36. The van der Waals surface area contributed by atoms with Crippen LogP contribution in [0.25, 0.3) is 5.69 Å². The van der Waals surface area contributed by atoms with Crippen LogP contribution in [0, 0.1) is 11.3 Å². The summed E-state index contributed by atoms with van der Waals surface area (Å²) in [5, 5.41) is 15.3. The van der Waals surface area contributed by atoms with Crippen LogP contribution in [-0.2, 0) is 6.54 Å². The minimum Gasteiger partial charge on any atom is -0.356 e. The molecule has 0 unspecified atom stereocenters. The molecule has 1 aromatic heterocycles. The molecule has 0 atom stereocenters. The molecule has 2 aromatic rings. The first-order valence-corrected chi connectivity index (χ1v) is 10.0. The van der Waals surface area contributed by atoms with Crippen molar-refractivity contribution in [1.29, 1.82) is 0 Å². The van der Waals surface area contributed by atoms with Gasteiger partial charge in [-0.1, -0.05) is 44.9 Å². The Hall–Kier alpha value is -1.64. The summed E-state index contributed by atoms with van der Waals surface area (Å²) in [4.78, 5) is 4.40. The van der Waals surface area contributed by atoms with Gasteiger partial charge < -0.3 is 10.6 Å². The first-order valence-electron chi connectivity index (χ1n) is 10.0. The van der Waals surface area contributed by atoms with E-state index in [9.17, 15) is 0 Å². The maximum Gasteiger partial charge on any atom is 0.191 e. The van der Waals surface area contributed by atoms with Gasteiger partial charge in [0.25, 0.3) is 0 Å². The first-order chi connectivity index (χ1) is 13.1. The standard InChI is InChI=1S/C21H32N6.HI/c1-17(2)13-21(11-7-8-12-21)15-24-20(22-3)23-14-19-26-25-16-27(19)18-9-5-4-6-10-18;/h4-6,9-10,16-17H,7-8,11-15H2,1-3H3,(H2,22,23,24);1H. The van der Waals surface area contributed by atoms with Crippen LogP contribution in [0.4, 0.5) is 0 Å². The fourth-order valence-corrected chi connectivity index (χ4v) is 4.28. The Labute approximate surface area is 185 Å². The van der Waals surface area contributed by atoms with E-state index in [1.807, 2.05) is 29.8 Å². The van der Waals surface area contributed by atoms with Crippen LogP contribution in [0.3, 0.4) is 0 Å². The lowest BCUT2D eigenvalue weighted by Gasteiger charge is -2.31. The molecule has 1 aromatic carbocycles. The molecule has 0 amide bonds. The Morgan fingerprint density at radius 1 is 1.18 bits per heavy atom. The Balaban J connectivity index is 0.00000280. The molecule has 1 fully saturated rings. The summed E-state index contributed by atoms with van der Waals surface area (Å²) < 4.78 is 2.00. The predicted octanol–water partition coefficient (Wildman–Crippen LogP) is 4.16. The largest absolute Gasteiger partial charge is 0.356 e. The van der Waals surface area contributed by atoms with Crippen LogP contribution in [0.1, 0.15) is 51.8 Å². The van der Waals surface area contributed by atoms with E-state index < -0.39 is 0 Å². The van der Waals surface area contributed by atoms with Gasteiger partial charge in [-0.05, 0) is 42.7 Å². The van der Waals surface area contributed by atoms with Gasteiger partial charge in [0, 0.05) is 19.3 Å². The average molecular weight is 496 g/mol. The number of nitrogens with zero attached hydrogens (tertiary/aromatic N) is 4. The van der Waals surface area contributed by atoms with Crippen molar-refractivity contribution in [2.24, 2.45) is 16.3 Å². The van der Waals surface area contributed by atoms with Crippen molar-refractivity contribution in [1.82, 2.24) is 25.4 Å². The molecule has 1 aliphatic rings. The van der Waals surface area contributed by atoms with Crippen LogP contribution >= 0.6 is 24.0 Å². The summed E-state index contributed by atoms with van der Waals surface area (Å²) >= 11 is 0. The molecule has 7 heteroatoms. The highest BCUT2D eigenvalue weighted by molar-refractivity contribution is 14.0. The molecule has 154 valence electrons. The lowest BCUT2D eigenvalue weighted by atomic mass is 9.78. The SMILES string of the molecule is CN=C(NCc1nncn1-c1ccccc1)NCC1(CC(C)C)CCCC1.I. The summed E-state index contributed by atoms with van der Waals surface area (Å²) in [5.74, 6) is 2.42. The van der Waals surface area contributed by atoms with Gasteiger partial charge in [0.2, 0.25) is 0 Å². The summed E-state index contributed by atoms with van der Waals surface area (Å²) in [6.45, 7) is 6.20. The second-order valence-electron chi connectivity index (χ2n) is 8.04. The van der Waals surface area contributed by atoms with Gasteiger partial charge in [-0.25, -0.2) is 0 Å². The highest BCUT2D eigenvalue weighted by Gasteiger charge is 2.34. The average Bonchev–Trinajstić information content (AvgIpc) is 3.32. The van der Waals surface area contributed by atoms with Crippen molar-refractivity contribution in [3.8, 4) is 5.69 Å². The number of benzene rings is 1. The second kappa shape index (κ2) is 10.8. The zero-order valence-electron chi connectivity index (χ0n) is 17.2. The maximum atomic E-state index is 4.40. The van der Waals surface area contributed by atoms with Crippen LogP contribution in [-0.4, -0.2) is 34.3 Å². The molecule has 28 heavy (non-hydrogen) atoms.